The summed E-state index contributed by atoms with van der Waals surface area (Å²) in [5.41, 5.74) is 15.0. The lowest BCUT2D eigenvalue weighted by molar-refractivity contribution is -0.130. The summed E-state index contributed by atoms with van der Waals surface area (Å²) in [6.07, 6.45) is -0.455. The molecule has 0 spiro atoms. The number of amides is 1. The fourth-order valence-electron chi connectivity index (χ4n) is 4.47. The average Bonchev–Trinajstić information content (AvgIpc) is 3.39. The van der Waals surface area contributed by atoms with Crippen LogP contribution in [-0.4, -0.2) is 65.1 Å². The number of aliphatic hydroxyl groups is 3. The van der Waals surface area contributed by atoms with Gasteiger partial charge >= 0.3 is 0 Å². The lowest BCUT2D eigenvalue weighted by Crippen LogP contribution is -2.57. The van der Waals surface area contributed by atoms with Crippen LogP contribution in [0.3, 0.4) is 0 Å². The molecule has 0 aliphatic carbocycles. The van der Waals surface area contributed by atoms with Gasteiger partial charge in [-0.2, -0.15) is 0 Å². The van der Waals surface area contributed by atoms with Gasteiger partial charge < -0.3 is 24.8 Å². The van der Waals surface area contributed by atoms with Crippen LogP contribution in [0, 0.1) is 0 Å². The highest BCUT2D eigenvalue weighted by Crippen LogP contribution is 2.45. The molecule has 1 aliphatic heterocycles. The Balaban J connectivity index is 1.83. The molecule has 42 heavy (non-hydrogen) atoms. The number of hydrogen-bond donors (Lipinski definition) is 5. The number of nitrogens with one attached hydrogen (secondary N) is 2. The highest BCUT2D eigenvalue weighted by atomic mass is 79.9. The zero-order valence-corrected chi connectivity index (χ0v) is 24.1. The molecule has 1 heterocycles. The van der Waals surface area contributed by atoms with E-state index in [-0.39, 0.29) is 18.9 Å². The minimum atomic E-state index is -1.63. The van der Waals surface area contributed by atoms with Crippen LogP contribution in [-0.2, 0) is 16.0 Å². The summed E-state index contributed by atoms with van der Waals surface area (Å²) in [6.45, 7) is -0.455. The quantitative estimate of drug-likeness (QED) is 0.0587. The number of aliphatic imine (C=N–C) groups is 1. The Kier molecular flexibility index (Phi) is 10.9. The van der Waals surface area contributed by atoms with Crippen LogP contribution in [0.15, 0.2) is 87.4 Å². The van der Waals surface area contributed by atoms with Gasteiger partial charge in [-0.25, -0.2) is 10.4 Å². The molecule has 0 aromatic heterocycles. The first-order valence-electron chi connectivity index (χ1n) is 13.2. The van der Waals surface area contributed by atoms with Crippen LogP contribution in [0.2, 0.25) is 0 Å². The second-order valence-corrected chi connectivity index (χ2v) is 10.3. The van der Waals surface area contributed by atoms with E-state index in [1.807, 2.05) is 24.3 Å². The van der Waals surface area contributed by atoms with Crippen molar-refractivity contribution < 1.29 is 29.6 Å². The Morgan fingerprint density at radius 1 is 1.10 bits per heavy atom. The number of halogens is 1. The summed E-state index contributed by atoms with van der Waals surface area (Å²) >= 11 is 3.59. The molecular formula is C29H31BrN6O6. The van der Waals surface area contributed by atoms with Gasteiger partial charge in [-0.15, -0.1) is 0 Å². The topological polar surface area (TPSA) is 181 Å². The number of carbonyl (C=O) groups excluding carboxylic acids is 1. The number of hydrogen-bond acceptors (Lipinski definition) is 9. The van der Waals surface area contributed by atoms with Crippen molar-refractivity contribution in [3.8, 4) is 5.75 Å². The third kappa shape index (κ3) is 7.08. The number of hydrazine groups is 1. The number of rotatable bonds is 14. The Morgan fingerprint density at radius 2 is 1.81 bits per heavy atom. The van der Waals surface area contributed by atoms with Crippen molar-refractivity contribution in [2.24, 2.45) is 10.1 Å². The molecule has 220 valence electrons. The number of benzene rings is 3. The molecule has 5 N–H and O–H groups in total. The summed E-state index contributed by atoms with van der Waals surface area (Å²) in [6, 6.07) is 20.4. The first-order valence-corrected chi connectivity index (χ1v) is 14.0. The highest BCUT2D eigenvalue weighted by Gasteiger charge is 2.54. The number of aliphatic hydroxyl groups excluding tert-OH is 3. The lowest BCUT2D eigenvalue weighted by atomic mass is 9.81. The lowest BCUT2D eigenvalue weighted by Gasteiger charge is -2.32. The molecule has 0 saturated carbocycles. The maximum absolute atomic E-state index is 14.2. The number of nitrogens with zero attached hydrogens (tertiary/aromatic N) is 4. The van der Waals surface area contributed by atoms with E-state index in [1.54, 1.807) is 48.5 Å². The first kappa shape index (κ1) is 31.0. The van der Waals surface area contributed by atoms with Gasteiger partial charge in [-0.3, -0.25) is 10.2 Å². The summed E-state index contributed by atoms with van der Waals surface area (Å²) in [5.74, 6) is 0.212. The van der Waals surface area contributed by atoms with E-state index in [4.69, 9.17) is 25.1 Å². The van der Waals surface area contributed by atoms with Crippen molar-refractivity contribution >= 4 is 33.4 Å². The summed E-state index contributed by atoms with van der Waals surface area (Å²) in [5, 5.41) is 31.9. The van der Waals surface area contributed by atoms with Gasteiger partial charge in [0.2, 0.25) is 5.90 Å². The Bertz CT molecular complexity index is 1440. The minimum absolute atomic E-state index is 0.0174. The molecule has 13 heteroatoms. The second kappa shape index (κ2) is 14.8. The molecular weight excluding hydrogens is 608 g/mol. The van der Waals surface area contributed by atoms with E-state index >= 15 is 0 Å². The highest BCUT2D eigenvalue weighted by molar-refractivity contribution is 9.10. The van der Waals surface area contributed by atoms with Crippen LogP contribution in [0.25, 0.3) is 10.4 Å². The van der Waals surface area contributed by atoms with E-state index in [1.165, 1.54) is 0 Å². The van der Waals surface area contributed by atoms with Gasteiger partial charge in [0.25, 0.3) is 5.91 Å². The predicted molar refractivity (Wildman–Crippen MR) is 159 cm³/mol. The molecule has 3 aromatic rings. The number of azide groups is 1. The predicted octanol–water partition coefficient (Wildman–Crippen LogP) is 3.63. The van der Waals surface area contributed by atoms with Crippen LogP contribution in [0.4, 0.5) is 5.69 Å². The molecule has 1 amide bonds. The SMILES string of the molecule is [N-]=[N+]=Nc1ccccc1C[C@]1(C(=O)NNC(CO)CO)N=C(c2ccc(OCCCO)cc2)O[C@H]1c1ccccc1Br. The van der Waals surface area contributed by atoms with Crippen molar-refractivity contribution in [2.45, 2.75) is 30.5 Å². The van der Waals surface area contributed by atoms with Crippen LogP contribution >= 0.6 is 15.9 Å². The molecule has 3 aromatic carbocycles. The maximum Gasteiger partial charge on any atom is 0.266 e. The smallest absolute Gasteiger partial charge is 0.266 e. The van der Waals surface area contributed by atoms with Crippen molar-refractivity contribution in [2.75, 3.05) is 26.4 Å². The van der Waals surface area contributed by atoms with Gasteiger partial charge in [0, 0.05) is 45.6 Å². The van der Waals surface area contributed by atoms with Crippen molar-refractivity contribution in [3.63, 3.8) is 0 Å². The molecule has 0 saturated heterocycles. The molecule has 0 fully saturated rings. The fourth-order valence-corrected chi connectivity index (χ4v) is 4.96. The van der Waals surface area contributed by atoms with Crippen molar-refractivity contribution in [3.05, 3.63) is 104 Å². The average molecular weight is 640 g/mol. The number of ether oxygens (including phenoxy) is 2. The molecule has 0 unspecified atom stereocenters. The molecule has 2 atom stereocenters. The van der Waals surface area contributed by atoms with Crippen molar-refractivity contribution in [1.82, 2.24) is 10.9 Å². The van der Waals surface area contributed by atoms with E-state index < -0.39 is 36.8 Å². The van der Waals surface area contributed by atoms with Crippen molar-refractivity contribution in [1.29, 1.82) is 0 Å². The zero-order valence-electron chi connectivity index (χ0n) is 22.6. The first-order chi connectivity index (χ1) is 20.4. The Morgan fingerprint density at radius 3 is 2.50 bits per heavy atom. The molecule has 1 aliphatic rings. The Hall–Kier alpha value is -3.97. The second-order valence-electron chi connectivity index (χ2n) is 9.47. The largest absolute Gasteiger partial charge is 0.494 e. The van der Waals surface area contributed by atoms with E-state index in [0.717, 1.165) is 0 Å². The normalized spacial score (nSPS) is 17.7. The van der Waals surface area contributed by atoms with E-state index in [9.17, 15) is 15.0 Å². The Labute approximate surface area is 250 Å². The van der Waals surface area contributed by atoms with Crippen LogP contribution in [0.5, 0.6) is 5.75 Å². The monoisotopic (exact) mass is 638 g/mol. The molecule has 4 rings (SSSR count). The van der Waals surface area contributed by atoms with Crippen LogP contribution in [0.1, 0.15) is 29.2 Å². The molecule has 0 bridgehead atoms. The van der Waals surface area contributed by atoms with Gasteiger partial charge in [-0.05, 0) is 41.4 Å². The van der Waals surface area contributed by atoms with E-state index in [0.29, 0.717) is 45.6 Å². The van der Waals surface area contributed by atoms with Gasteiger partial charge in [0.15, 0.2) is 11.6 Å². The molecule has 12 nitrogen and oxygen atoms in total. The van der Waals surface area contributed by atoms with Crippen LogP contribution < -0.4 is 15.6 Å². The van der Waals surface area contributed by atoms with Gasteiger partial charge in [0.05, 0.1) is 25.9 Å². The fraction of sp³-hybridized carbons (Fsp3) is 0.310. The third-order valence-electron chi connectivity index (χ3n) is 6.65. The standard InChI is InChI=1S/C29H31BrN6O6/c30-24-8-3-2-7-23(24)26-29(28(40)35-33-21(17-38)18-39,16-20-6-1-4-9-25(20)34-36-31)32-27(42-26)19-10-12-22(13-11-19)41-15-5-14-37/h1-4,6-13,21,26,33,37-39H,5,14-18H2,(H,35,40)/t26-,29-/m0/s1. The summed E-state index contributed by atoms with van der Waals surface area (Å²) < 4.78 is 12.8. The molecule has 0 radical (unpaired) electrons. The third-order valence-corrected chi connectivity index (χ3v) is 7.37. The van der Waals surface area contributed by atoms with Gasteiger partial charge in [0.1, 0.15) is 5.75 Å². The minimum Gasteiger partial charge on any atom is -0.494 e. The maximum atomic E-state index is 14.2. The van der Waals surface area contributed by atoms with Gasteiger partial charge in [-0.1, -0.05) is 63.5 Å². The van der Waals surface area contributed by atoms with E-state index in [2.05, 4.69) is 36.8 Å². The zero-order chi connectivity index (χ0) is 30.0. The summed E-state index contributed by atoms with van der Waals surface area (Å²) in [7, 11) is 0. The number of carbonyl (C=O) groups is 1. The summed E-state index contributed by atoms with van der Waals surface area (Å²) in [4.78, 5) is 22.0.